The number of halogens is 2. The molecule has 1 spiro atoms. The normalized spacial score (nSPS) is 61.0. The van der Waals surface area contributed by atoms with Gasteiger partial charge >= 0.3 is 0 Å². The average Bonchev–Trinajstić information content (AvgIpc) is 3.17. The van der Waals surface area contributed by atoms with E-state index in [4.69, 9.17) is 27.9 Å². The van der Waals surface area contributed by atoms with Gasteiger partial charge in [-0.15, -0.1) is 0 Å². The predicted octanol–water partition coefficient (Wildman–Crippen LogP) is 6.15. The maximum atomic E-state index is 10.3. The van der Waals surface area contributed by atoms with Gasteiger partial charge in [0.25, 0.3) is 0 Å². The molecule has 2 aliphatic heterocycles. The molecule has 4 saturated carbocycles. The molecule has 6 rings (SSSR count). The zero-order chi connectivity index (χ0) is 22.7. The van der Waals surface area contributed by atoms with E-state index in [1.54, 1.807) is 0 Å². The summed E-state index contributed by atoms with van der Waals surface area (Å²) in [5.74, 6) is 4.43. The van der Waals surface area contributed by atoms with Crippen LogP contribution in [0.25, 0.3) is 0 Å². The second-order valence-electron chi connectivity index (χ2n) is 13.5. The highest BCUT2D eigenvalue weighted by atomic mass is 35.5. The lowest BCUT2D eigenvalue weighted by molar-refractivity contribution is -0.142. The summed E-state index contributed by atoms with van der Waals surface area (Å²) in [5, 5.41) is 14.0. The van der Waals surface area contributed by atoms with E-state index in [1.165, 1.54) is 38.5 Å². The summed E-state index contributed by atoms with van der Waals surface area (Å²) < 4.78 is 6.10. The van der Waals surface area contributed by atoms with Crippen molar-refractivity contribution in [3.05, 3.63) is 0 Å². The first-order valence-electron chi connectivity index (χ1n) is 13.5. The van der Waals surface area contributed by atoms with Crippen LogP contribution in [0.5, 0.6) is 0 Å². The van der Waals surface area contributed by atoms with Gasteiger partial charge in [0.1, 0.15) is 0 Å². The molecule has 12 atom stereocenters. The largest absolute Gasteiger partial charge is 0.393 e. The van der Waals surface area contributed by atoms with Crippen LogP contribution in [0.2, 0.25) is 0 Å². The number of aliphatic hydroxyl groups is 1. The molecular formula is C27H43Cl2NO2. The topological polar surface area (TPSA) is 41.5 Å². The Morgan fingerprint density at radius 2 is 1.69 bits per heavy atom. The summed E-state index contributed by atoms with van der Waals surface area (Å²) in [7, 11) is 0. The van der Waals surface area contributed by atoms with Crippen LogP contribution in [-0.2, 0) is 4.74 Å². The lowest BCUT2D eigenvalue weighted by Crippen LogP contribution is -2.66. The summed E-state index contributed by atoms with van der Waals surface area (Å²) in [6.07, 6.45) is 10.8. The Balaban J connectivity index is 1.28. The quantitative estimate of drug-likeness (QED) is 0.405. The van der Waals surface area contributed by atoms with E-state index in [2.05, 4.69) is 33.0 Å². The van der Waals surface area contributed by atoms with Crippen molar-refractivity contribution < 1.29 is 9.84 Å². The number of alkyl halides is 2. The van der Waals surface area contributed by atoms with Gasteiger partial charge in [-0.3, -0.25) is 5.32 Å². The summed E-state index contributed by atoms with van der Waals surface area (Å²) in [6.45, 7) is 10.7. The maximum absolute atomic E-state index is 10.3. The van der Waals surface area contributed by atoms with Gasteiger partial charge in [-0.2, -0.15) is 0 Å². The molecule has 2 heterocycles. The minimum absolute atomic E-state index is 0.0631. The summed E-state index contributed by atoms with van der Waals surface area (Å²) in [4.78, 5) is 0. The molecule has 0 aromatic heterocycles. The molecule has 5 heteroatoms. The second kappa shape index (κ2) is 7.25. The minimum atomic E-state index is -0.869. The Morgan fingerprint density at radius 3 is 2.44 bits per heavy atom. The van der Waals surface area contributed by atoms with Gasteiger partial charge in [-0.1, -0.05) is 50.9 Å². The van der Waals surface area contributed by atoms with Crippen LogP contribution < -0.4 is 5.32 Å². The third kappa shape index (κ3) is 2.84. The number of rotatable bonds is 0. The monoisotopic (exact) mass is 483 g/mol. The van der Waals surface area contributed by atoms with Crippen LogP contribution >= 0.6 is 23.2 Å². The Labute approximate surface area is 204 Å². The number of aliphatic hydroxyl groups excluding tert-OH is 1. The number of hydrogen-bond donors (Lipinski definition) is 2. The molecule has 0 amide bonds. The highest BCUT2D eigenvalue weighted by Gasteiger charge is 2.72. The van der Waals surface area contributed by atoms with Crippen molar-refractivity contribution in [2.45, 2.75) is 108 Å². The zero-order valence-electron chi connectivity index (χ0n) is 20.4. The van der Waals surface area contributed by atoms with Crippen LogP contribution in [-0.4, -0.2) is 33.9 Å². The van der Waals surface area contributed by atoms with E-state index in [0.717, 1.165) is 49.5 Å². The molecule has 3 nitrogen and oxygen atoms in total. The van der Waals surface area contributed by atoms with Crippen molar-refractivity contribution in [1.29, 1.82) is 0 Å². The van der Waals surface area contributed by atoms with Gasteiger partial charge in [0.15, 0.2) is 10.1 Å². The van der Waals surface area contributed by atoms with Crippen molar-refractivity contribution in [2.24, 2.45) is 52.3 Å². The molecule has 0 aromatic rings. The van der Waals surface area contributed by atoms with Gasteiger partial charge < -0.3 is 9.84 Å². The third-order valence-corrected chi connectivity index (χ3v) is 13.0. The van der Waals surface area contributed by atoms with Crippen LogP contribution in [0.15, 0.2) is 0 Å². The van der Waals surface area contributed by atoms with Crippen molar-refractivity contribution in [2.75, 3.05) is 6.54 Å². The highest BCUT2D eigenvalue weighted by Crippen LogP contribution is 2.72. The minimum Gasteiger partial charge on any atom is -0.393 e. The van der Waals surface area contributed by atoms with Crippen molar-refractivity contribution in [1.82, 2.24) is 5.32 Å². The third-order valence-electron chi connectivity index (χ3n) is 12.1. The lowest BCUT2D eigenvalue weighted by atomic mass is 9.44. The van der Waals surface area contributed by atoms with Gasteiger partial charge in [0, 0.05) is 12.5 Å². The van der Waals surface area contributed by atoms with Gasteiger partial charge in [0.2, 0.25) is 0 Å². The van der Waals surface area contributed by atoms with Crippen LogP contribution in [0.1, 0.15) is 85.5 Å². The molecule has 0 unspecified atom stereocenters. The van der Waals surface area contributed by atoms with Crippen molar-refractivity contribution >= 4 is 23.2 Å². The molecule has 182 valence electrons. The fourth-order valence-corrected chi connectivity index (χ4v) is 11.7. The second-order valence-corrected chi connectivity index (χ2v) is 15.0. The summed E-state index contributed by atoms with van der Waals surface area (Å²) >= 11 is 14.1. The molecular weight excluding hydrogens is 441 g/mol. The van der Waals surface area contributed by atoms with Crippen LogP contribution in [0.3, 0.4) is 0 Å². The van der Waals surface area contributed by atoms with Crippen molar-refractivity contribution in [3.63, 3.8) is 0 Å². The molecule has 2 saturated heterocycles. The molecule has 4 aliphatic carbocycles. The van der Waals surface area contributed by atoms with Gasteiger partial charge in [0.05, 0.1) is 12.2 Å². The van der Waals surface area contributed by atoms with Gasteiger partial charge in [-0.05, 0) is 104 Å². The smallest absolute Gasteiger partial charge is 0.160 e. The first kappa shape index (κ1) is 22.9. The van der Waals surface area contributed by atoms with E-state index < -0.39 is 10.1 Å². The van der Waals surface area contributed by atoms with Crippen LogP contribution in [0.4, 0.5) is 0 Å². The Hall–Kier alpha value is 0.460. The standard InChI is InChI=1S/C27H43Cl2NO2/c1-15-13-26(28,29)27(30-14-15)16(2)23-22(32-27)12-21-19-6-5-17-11-18(31)7-9-24(17,3)20(19)8-10-25(21,23)4/h15-23,30-31H,5-14H2,1-4H3/t15-,16+,17+,18+,19-,20+,21+,22+,23+,24+,25+,27+/m1/s1. The molecule has 6 fully saturated rings. The molecule has 2 N–H and O–H groups in total. The lowest BCUT2D eigenvalue weighted by Gasteiger charge is -2.61. The van der Waals surface area contributed by atoms with Gasteiger partial charge in [-0.25, -0.2) is 0 Å². The zero-order valence-corrected chi connectivity index (χ0v) is 21.9. The Bertz CT molecular complexity index is 777. The fourth-order valence-electron chi connectivity index (χ4n) is 10.6. The average molecular weight is 485 g/mol. The fraction of sp³-hybridized carbons (Fsp3) is 1.00. The summed E-state index contributed by atoms with van der Waals surface area (Å²) in [6, 6.07) is 0. The number of fused-ring (bicyclic) bond motifs is 7. The van der Waals surface area contributed by atoms with Crippen molar-refractivity contribution in [3.8, 4) is 0 Å². The van der Waals surface area contributed by atoms with E-state index in [0.29, 0.717) is 28.6 Å². The predicted molar refractivity (Wildman–Crippen MR) is 130 cm³/mol. The number of piperidine rings is 1. The molecule has 0 bridgehead atoms. The van der Waals surface area contributed by atoms with E-state index in [9.17, 15) is 5.11 Å². The first-order valence-corrected chi connectivity index (χ1v) is 14.3. The molecule has 0 aromatic carbocycles. The first-order chi connectivity index (χ1) is 15.0. The Kier molecular flexibility index (Phi) is 5.19. The van der Waals surface area contributed by atoms with E-state index in [-0.39, 0.29) is 12.2 Å². The molecule has 0 radical (unpaired) electrons. The molecule has 6 aliphatic rings. The maximum Gasteiger partial charge on any atom is 0.160 e. The number of ether oxygens (including phenoxy) is 1. The van der Waals surface area contributed by atoms with E-state index >= 15 is 0 Å². The SMILES string of the molecule is C[C@H]1CN[C@@]2(O[C@H]3C[C@H]4[C@@H]5CC[C@H]6C[C@@H](O)CC[C@]6(C)[C@H]5CC[C@]4(C)[C@H]3[C@@H]2C)C(Cl)(Cl)C1. The summed E-state index contributed by atoms with van der Waals surface area (Å²) in [5.41, 5.74) is 0.143. The van der Waals surface area contributed by atoms with E-state index in [1.807, 2.05) is 0 Å². The van der Waals surface area contributed by atoms with Crippen LogP contribution in [0, 0.1) is 52.3 Å². The molecule has 32 heavy (non-hydrogen) atoms. The Morgan fingerprint density at radius 1 is 0.938 bits per heavy atom. The highest BCUT2D eigenvalue weighted by molar-refractivity contribution is 6.49. The number of nitrogens with one attached hydrogen (secondary N) is 1. The number of hydrogen-bond acceptors (Lipinski definition) is 3.